The van der Waals surface area contributed by atoms with Crippen LogP contribution in [0.5, 0.6) is 0 Å². The molecule has 0 amide bonds. The number of hydrogen-bond acceptors (Lipinski definition) is 4. The maximum Gasteiger partial charge on any atom is 0.242 e. The molecule has 0 aromatic carbocycles. The van der Waals surface area contributed by atoms with Gasteiger partial charge in [-0.25, -0.2) is 18.1 Å². The molecule has 98 valence electrons. The molecular formula is C11H16N4O2S. The quantitative estimate of drug-likeness (QED) is 0.738. The highest BCUT2D eigenvalue weighted by atomic mass is 32.2. The van der Waals surface area contributed by atoms with Crippen molar-refractivity contribution < 1.29 is 8.42 Å². The van der Waals surface area contributed by atoms with Crippen molar-refractivity contribution in [1.82, 2.24) is 14.7 Å². The number of nitrogens with zero attached hydrogens (tertiary/aromatic N) is 1. The Morgan fingerprint density at radius 2 is 2.33 bits per heavy atom. The maximum atomic E-state index is 12.1. The molecule has 0 aliphatic heterocycles. The predicted molar refractivity (Wildman–Crippen MR) is 69.5 cm³/mol. The van der Waals surface area contributed by atoms with Crippen molar-refractivity contribution in [2.24, 2.45) is 5.73 Å². The van der Waals surface area contributed by atoms with E-state index in [9.17, 15) is 8.42 Å². The number of aromatic amines is 1. The first-order chi connectivity index (χ1) is 8.50. The Balaban J connectivity index is 2.24. The van der Waals surface area contributed by atoms with E-state index in [-0.39, 0.29) is 10.9 Å². The number of fused-ring (bicyclic) bond motifs is 1. The van der Waals surface area contributed by atoms with Gasteiger partial charge in [-0.2, -0.15) is 0 Å². The summed E-state index contributed by atoms with van der Waals surface area (Å²) in [5.41, 5.74) is 6.14. The van der Waals surface area contributed by atoms with Crippen molar-refractivity contribution in [2.45, 2.75) is 24.3 Å². The van der Waals surface area contributed by atoms with Gasteiger partial charge in [-0.1, -0.05) is 0 Å². The Kier molecular flexibility index (Phi) is 3.65. The van der Waals surface area contributed by atoms with E-state index < -0.39 is 10.0 Å². The van der Waals surface area contributed by atoms with Gasteiger partial charge < -0.3 is 10.7 Å². The average Bonchev–Trinajstić information content (AvgIpc) is 2.72. The molecule has 0 saturated heterocycles. The van der Waals surface area contributed by atoms with E-state index in [1.165, 1.54) is 6.20 Å². The van der Waals surface area contributed by atoms with Crippen LogP contribution in [0.4, 0.5) is 0 Å². The Morgan fingerprint density at radius 3 is 3.06 bits per heavy atom. The van der Waals surface area contributed by atoms with Gasteiger partial charge in [0.15, 0.2) is 0 Å². The van der Waals surface area contributed by atoms with Crippen LogP contribution in [0.25, 0.3) is 11.0 Å². The smallest absolute Gasteiger partial charge is 0.242 e. The van der Waals surface area contributed by atoms with Gasteiger partial charge in [0.1, 0.15) is 10.5 Å². The zero-order valence-corrected chi connectivity index (χ0v) is 10.9. The zero-order valence-electron chi connectivity index (χ0n) is 10.1. The summed E-state index contributed by atoms with van der Waals surface area (Å²) < 4.78 is 26.7. The molecular weight excluding hydrogens is 252 g/mol. The molecule has 7 heteroatoms. The number of H-pyrrole nitrogens is 1. The Hall–Kier alpha value is -1.44. The van der Waals surface area contributed by atoms with Crippen LogP contribution in [0.3, 0.4) is 0 Å². The molecule has 18 heavy (non-hydrogen) atoms. The number of nitrogens with one attached hydrogen (secondary N) is 2. The monoisotopic (exact) mass is 268 g/mol. The van der Waals surface area contributed by atoms with Crippen molar-refractivity contribution >= 4 is 21.1 Å². The minimum absolute atomic E-state index is 0.0302. The lowest BCUT2D eigenvalue weighted by Crippen LogP contribution is -2.28. The summed E-state index contributed by atoms with van der Waals surface area (Å²) in [6, 6.07) is 3.40. The summed E-state index contributed by atoms with van der Waals surface area (Å²) in [6.07, 6.45) is 3.66. The summed E-state index contributed by atoms with van der Waals surface area (Å²) in [6.45, 7) is 2.16. The van der Waals surface area contributed by atoms with Gasteiger partial charge in [0, 0.05) is 30.4 Å². The van der Waals surface area contributed by atoms with E-state index in [1.54, 1.807) is 18.3 Å². The van der Waals surface area contributed by atoms with Crippen molar-refractivity contribution in [3.05, 3.63) is 24.5 Å². The van der Waals surface area contributed by atoms with Crippen molar-refractivity contribution in [3.8, 4) is 0 Å². The first-order valence-electron chi connectivity index (χ1n) is 5.68. The third-order valence-electron chi connectivity index (χ3n) is 2.59. The third kappa shape index (κ3) is 2.69. The largest absolute Gasteiger partial charge is 0.345 e. The molecule has 0 bridgehead atoms. The highest BCUT2D eigenvalue weighted by molar-refractivity contribution is 7.89. The van der Waals surface area contributed by atoms with Crippen LogP contribution < -0.4 is 10.5 Å². The summed E-state index contributed by atoms with van der Waals surface area (Å²) in [7, 11) is -3.52. The Morgan fingerprint density at radius 1 is 1.56 bits per heavy atom. The number of sulfonamides is 1. The van der Waals surface area contributed by atoms with Crippen LogP contribution in [0.2, 0.25) is 0 Å². The number of hydrogen-bond donors (Lipinski definition) is 3. The van der Waals surface area contributed by atoms with Gasteiger partial charge in [-0.15, -0.1) is 0 Å². The second-order valence-corrected chi connectivity index (χ2v) is 5.95. The molecule has 0 spiro atoms. The van der Waals surface area contributed by atoms with E-state index in [0.717, 1.165) is 0 Å². The maximum absolute atomic E-state index is 12.1. The van der Waals surface area contributed by atoms with Gasteiger partial charge in [-0.05, 0) is 25.5 Å². The number of rotatable bonds is 5. The van der Waals surface area contributed by atoms with Crippen LogP contribution in [0.1, 0.15) is 13.3 Å². The molecule has 1 atom stereocenters. The number of pyridine rings is 1. The highest BCUT2D eigenvalue weighted by Gasteiger charge is 2.18. The van der Waals surface area contributed by atoms with Gasteiger partial charge in [0.25, 0.3) is 0 Å². The molecule has 2 aromatic heterocycles. The lowest BCUT2D eigenvalue weighted by molar-refractivity contribution is 0.572. The number of aromatic nitrogens is 2. The van der Waals surface area contributed by atoms with E-state index in [2.05, 4.69) is 14.7 Å². The fourth-order valence-electron chi connectivity index (χ4n) is 1.65. The van der Waals surface area contributed by atoms with Gasteiger partial charge in [0.05, 0.1) is 0 Å². The molecule has 2 heterocycles. The molecule has 0 radical (unpaired) electrons. The molecule has 6 nitrogen and oxygen atoms in total. The zero-order chi connectivity index (χ0) is 13.2. The third-order valence-corrected chi connectivity index (χ3v) is 4.10. The summed E-state index contributed by atoms with van der Waals surface area (Å²) in [4.78, 5) is 7.11. The Labute approximate surface area is 106 Å². The first-order valence-corrected chi connectivity index (χ1v) is 7.16. The molecule has 0 fully saturated rings. The normalized spacial score (nSPS) is 13.9. The van der Waals surface area contributed by atoms with Crippen LogP contribution in [0, 0.1) is 0 Å². The van der Waals surface area contributed by atoms with Crippen LogP contribution in [-0.2, 0) is 10.0 Å². The standard InChI is InChI=1S/C11H16N4O2S/c1-8(12)4-6-15-18(16,17)10-7-14-11-9(10)3-2-5-13-11/h2-3,5,7-8,15H,4,6,12H2,1H3,(H,13,14). The molecule has 2 rings (SSSR count). The van der Waals surface area contributed by atoms with Crippen molar-refractivity contribution in [3.63, 3.8) is 0 Å². The van der Waals surface area contributed by atoms with E-state index in [1.807, 2.05) is 6.92 Å². The van der Waals surface area contributed by atoms with Gasteiger partial charge in [0.2, 0.25) is 10.0 Å². The second kappa shape index (κ2) is 5.05. The van der Waals surface area contributed by atoms with E-state index >= 15 is 0 Å². The average molecular weight is 268 g/mol. The number of nitrogens with two attached hydrogens (primary N) is 1. The fourth-order valence-corrected chi connectivity index (χ4v) is 2.86. The predicted octanol–water partition coefficient (Wildman–Crippen LogP) is 0.579. The van der Waals surface area contributed by atoms with Crippen molar-refractivity contribution in [2.75, 3.05) is 6.54 Å². The SMILES string of the molecule is CC(N)CCNS(=O)(=O)c1c[nH]c2ncccc12. The minimum atomic E-state index is -3.52. The fraction of sp³-hybridized carbons (Fsp3) is 0.364. The van der Waals surface area contributed by atoms with Crippen LogP contribution in [-0.4, -0.2) is 31.0 Å². The second-order valence-electron chi connectivity index (χ2n) is 4.22. The molecule has 1 unspecified atom stereocenters. The van der Waals surface area contributed by atoms with E-state index in [0.29, 0.717) is 24.0 Å². The summed E-state index contributed by atoms with van der Waals surface area (Å²) in [5.74, 6) is 0. The lowest BCUT2D eigenvalue weighted by atomic mass is 10.3. The summed E-state index contributed by atoms with van der Waals surface area (Å²) >= 11 is 0. The van der Waals surface area contributed by atoms with Gasteiger partial charge in [-0.3, -0.25) is 0 Å². The topological polar surface area (TPSA) is 101 Å². The van der Waals surface area contributed by atoms with Crippen molar-refractivity contribution in [1.29, 1.82) is 0 Å². The highest BCUT2D eigenvalue weighted by Crippen LogP contribution is 2.20. The first kappa shape index (κ1) is 13.0. The molecule has 0 aliphatic carbocycles. The van der Waals surface area contributed by atoms with Crippen LogP contribution in [0.15, 0.2) is 29.4 Å². The molecule has 2 aromatic rings. The molecule has 4 N–H and O–H groups in total. The minimum Gasteiger partial charge on any atom is -0.345 e. The molecule has 0 aliphatic rings. The lowest BCUT2D eigenvalue weighted by Gasteiger charge is -2.07. The molecule has 0 saturated carbocycles. The Bertz CT molecular complexity index is 633. The van der Waals surface area contributed by atoms with Crippen LogP contribution >= 0.6 is 0 Å². The van der Waals surface area contributed by atoms with E-state index in [4.69, 9.17) is 5.73 Å². The summed E-state index contributed by atoms with van der Waals surface area (Å²) in [5, 5.41) is 0.589. The van der Waals surface area contributed by atoms with Gasteiger partial charge >= 0.3 is 0 Å².